The van der Waals surface area contributed by atoms with E-state index in [1.165, 1.54) is 0 Å². The summed E-state index contributed by atoms with van der Waals surface area (Å²) in [5.41, 5.74) is 1.08. The molecule has 1 unspecified atom stereocenters. The smallest absolute Gasteiger partial charge is 0.224 e. The van der Waals surface area contributed by atoms with Crippen LogP contribution >= 0.6 is 12.4 Å². The number of hydrogen-bond donors (Lipinski definition) is 2. The molecule has 124 valence electrons. The molecular weight excluding hydrogens is 300 g/mol. The minimum atomic E-state index is 0. The Kier molecular flexibility index (Phi) is 8.94. The molecule has 1 heterocycles. The standard InChI is InChI=1S/C17H26N2O2.ClH/c1-2-3-10-21-16-8-4-6-14(11-16)12-19-17(20)15-7-5-9-18-13-15;/h4,6,8,11,15,18H,2-3,5,7,9-10,12-13H2,1H3,(H,19,20);1H. The van der Waals surface area contributed by atoms with Crippen LogP contribution in [0.25, 0.3) is 0 Å². The van der Waals surface area contributed by atoms with E-state index < -0.39 is 0 Å². The third-order valence-corrected chi connectivity index (χ3v) is 3.80. The first-order valence-corrected chi connectivity index (χ1v) is 7.99. The largest absolute Gasteiger partial charge is 0.494 e. The van der Waals surface area contributed by atoms with Crippen LogP contribution in [-0.2, 0) is 11.3 Å². The zero-order valence-corrected chi connectivity index (χ0v) is 14.1. The molecule has 1 aliphatic rings. The highest BCUT2D eigenvalue weighted by Gasteiger charge is 2.20. The van der Waals surface area contributed by atoms with E-state index in [0.717, 1.165) is 56.7 Å². The molecule has 0 aliphatic carbocycles. The van der Waals surface area contributed by atoms with Gasteiger partial charge in [-0.15, -0.1) is 12.4 Å². The Balaban J connectivity index is 0.00000242. The van der Waals surface area contributed by atoms with Crippen LogP contribution < -0.4 is 15.4 Å². The van der Waals surface area contributed by atoms with E-state index >= 15 is 0 Å². The zero-order valence-electron chi connectivity index (χ0n) is 13.3. The van der Waals surface area contributed by atoms with E-state index in [0.29, 0.717) is 6.54 Å². The molecule has 1 aliphatic heterocycles. The van der Waals surface area contributed by atoms with E-state index in [9.17, 15) is 4.79 Å². The highest BCUT2D eigenvalue weighted by molar-refractivity contribution is 5.85. The fourth-order valence-corrected chi connectivity index (χ4v) is 2.49. The molecule has 5 heteroatoms. The van der Waals surface area contributed by atoms with Crippen LogP contribution in [0.15, 0.2) is 24.3 Å². The summed E-state index contributed by atoms with van der Waals surface area (Å²) in [5.74, 6) is 1.15. The lowest BCUT2D eigenvalue weighted by Crippen LogP contribution is -2.40. The second-order valence-corrected chi connectivity index (χ2v) is 5.61. The van der Waals surface area contributed by atoms with Gasteiger partial charge in [0, 0.05) is 13.1 Å². The molecule has 0 radical (unpaired) electrons. The number of carbonyl (C=O) groups excluding carboxylic acids is 1. The van der Waals surface area contributed by atoms with Gasteiger partial charge in [0.2, 0.25) is 5.91 Å². The number of unbranched alkanes of at least 4 members (excludes halogenated alkanes) is 1. The summed E-state index contributed by atoms with van der Waals surface area (Å²) >= 11 is 0. The maximum atomic E-state index is 12.1. The van der Waals surface area contributed by atoms with Gasteiger partial charge in [-0.2, -0.15) is 0 Å². The lowest BCUT2D eigenvalue weighted by Gasteiger charge is -2.21. The van der Waals surface area contributed by atoms with Gasteiger partial charge < -0.3 is 15.4 Å². The van der Waals surface area contributed by atoms with Crippen molar-refractivity contribution < 1.29 is 9.53 Å². The van der Waals surface area contributed by atoms with Gasteiger partial charge >= 0.3 is 0 Å². The van der Waals surface area contributed by atoms with Crippen molar-refractivity contribution in [2.45, 2.75) is 39.2 Å². The predicted octanol–water partition coefficient (Wildman–Crippen LogP) is 2.90. The van der Waals surface area contributed by atoms with Gasteiger partial charge in [0.1, 0.15) is 5.75 Å². The number of nitrogens with one attached hydrogen (secondary N) is 2. The average Bonchev–Trinajstić information content (AvgIpc) is 2.54. The summed E-state index contributed by atoms with van der Waals surface area (Å²) in [4.78, 5) is 12.1. The molecule has 22 heavy (non-hydrogen) atoms. The van der Waals surface area contributed by atoms with Gasteiger partial charge in [-0.1, -0.05) is 25.5 Å². The van der Waals surface area contributed by atoms with Crippen molar-refractivity contribution in [3.8, 4) is 5.75 Å². The molecule has 1 atom stereocenters. The quantitative estimate of drug-likeness (QED) is 0.757. The number of benzene rings is 1. The van der Waals surface area contributed by atoms with Crippen LogP contribution in [0.4, 0.5) is 0 Å². The highest BCUT2D eigenvalue weighted by Crippen LogP contribution is 2.14. The molecular formula is C17H27ClN2O2. The summed E-state index contributed by atoms with van der Waals surface area (Å²) in [6.45, 7) is 5.29. The number of carbonyl (C=O) groups is 1. The van der Waals surface area contributed by atoms with Gasteiger partial charge in [-0.05, 0) is 43.5 Å². The number of piperidine rings is 1. The van der Waals surface area contributed by atoms with E-state index in [-0.39, 0.29) is 24.2 Å². The Bertz CT molecular complexity index is 448. The fourth-order valence-electron chi connectivity index (χ4n) is 2.49. The molecule has 1 fully saturated rings. The Hall–Kier alpha value is -1.26. The first-order chi connectivity index (χ1) is 10.3. The topological polar surface area (TPSA) is 50.4 Å². The van der Waals surface area contributed by atoms with Gasteiger partial charge in [0.15, 0.2) is 0 Å². The highest BCUT2D eigenvalue weighted by atomic mass is 35.5. The predicted molar refractivity (Wildman–Crippen MR) is 91.5 cm³/mol. The summed E-state index contributed by atoms with van der Waals surface area (Å²) in [6, 6.07) is 7.97. The summed E-state index contributed by atoms with van der Waals surface area (Å²) in [5, 5.41) is 6.30. The minimum absolute atomic E-state index is 0. The van der Waals surface area contributed by atoms with Gasteiger partial charge in [0.25, 0.3) is 0 Å². The van der Waals surface area contributed by atoms with Gasteiger partial charge in [-0.25, -0.2) is 0 Å². The van der Waals surface area contributed by atoms with Crippen molar-refractivity contribution in [3.63, 3.8) is 0 Å². The molecule has 1 amide bonds. The summed E-state index contributed by atoms with van der Waals surface area (Å²) in [6.07, 6.45) is 4.26. The fraction of sp³-hybridized carbons (Fsp3) is 0.588. The van der Waals surface area contributed by atoms with Crippen molar-refractivity contribution >= 4 is 18.3 Å². The number of rotatable bonds is 7. The lowest BCUT2D eigenvalue weighted by atomic mass is 9.99. The maximum absolute atomic E-state index is 12.1. The van der Waals surface area contributed by atoms with Crippen LogP contribution in [0.2, 0.25) is 0 Å². The monoisotopic (exact) mass is 326 g/mol. The minimum Gasteiger partial charge on any atom is -0.494 e. The Morgan fingerprint density at radius 2 is 2.32 bits per heavy atom. The first kappa shape index (κ1) is 18.8. The molecule has 0 aromatic heterocycles. The zero-order chi connectivity index (χ0) is 14.9. The molecule has 2 N–H and O–H groups in total. The van der Waals surface area contributed by atoms with Crippen molar-refractivity contribution in [1.29, 1.82) is 0 Å². The van der Waals surface area contributed by atoms with Crippen LogP contribution in [0.1, 0.15) is 38.2 Å². The van der Waals surface area contributed by atoms with Gasteiger partial charge in [-0.3, -0.25) is 4.79 Å². The van der Waals surface area contributed by atoms with Crippen LogP contribution in [0, 0.1) is 5.92 Å². The van der Waals surface area contributed by atoms with Gasteiger partial charge in [0.05, 0.1) is 12.5 Å². The number of amides is 1. The van der Waals surface area contributed by atoms with Crippen LogP contribution in [-0.4, -0.2) is 25.6 Å². The summed E-state index contributed by atoms with van der Waals surface area (Å²) in [7, 11) is 0. The summed E-state index contributed by atoms with van der Waals surface area (Å²) < 4.78 is 5.69. The number of ether oxygens (including phenoxy) is 1. The van der Waals surface area contributed by atoms with Crippen molar-refractivity contribution in [2.24, 2.45) is 5.92 Å². The second-order valence-electron chi connectivity index (χ2n) is 5.61. The van der Waals surface area contributed by atoms with E-state index in [1.807, 2.05) is 24.3 Å². The number of hydrogen-bond acceptors (Lipinski definition) is 3. The van der Waals surface area contributed by atoms with Crippen LogP contribution in [0.5, 0.6) is 5.75 Å². The molecule has 2 rings (SSSR count). The Morgan fingerprint density at radius 3 is 3.05 bits per heavy atom. The van der Waals surface area contributed by atoms with E-state index in [1.54, 1.807) is 0 Å². The molecule has 4 nitrogen and oxygen atoms in total. The first-order valence-electron chi connectivity index (χ1n) is 7.99. The van der Waals surface area contributed by atoms with E-state index in [4.69, 9.17) is 4.74 Å². The normalized spacial score (nSPS) is 17.4. The molecule has 0 spiro atoms. The molecule has 0 saturated carbocycles. The van der Waals surface area contributed by atoms with Crippen molar-refractivity contribution in [1.82, 2.24) is 10.6 Å². The van der Waals surface area contributed by atoms with E-state index in [2.05, 4.69) is 17.6 Å². The average molecular weight is 327 g/mol. The number of halogens is 1. The Labute approximate surface area is 139 Å². The van der Waals surface area contributed by atoms with Crippen molar-refractivity contribution in [2.75, 3.05) is 19.7 Å². The third kappa shape index (κ3) is 6.24. The lowest BCUT2D eigenvalue weighted by molar-refractivity contribution is -0.125. The molecule has 1 aromatic rings. The van der Waals surface area contributed by atoms with Crippen molar-refractivity contribution in [3.05, 3.63) is 29.8 Å². The molecule has 1 aromatic carbocycles. The maximum Gasteiger partial charge on any atom is 0.224 e. The van der Waals surface area contributed by atoms with Crippen LogP contribution in [0.3, 0.4) is 0 Å². The Morgan fingerprint density at radius 1 is 1.45 bits per heavy atom. The second kappa shape index (κ2) is 10.5. The SMILES string of the molecule is CCCCOc1cccc(CNC(=O)C2CCCNC2)c1.Cl. The molecule has 0 bridgehead atoms. The molecule has 1 saturated heterocycles. The third-order valence-electron chi connectivity index (χ3n) is 3.80.